The molecule has 2 unspecified atom stereocenters. The molecule has 0 spiro atoms. The summed E-state index contributed by atoms with van der Waals surface area (Å²) in [4.78, 5) is 10.5. The molecule has 0 saturated carbocycles. The highest BCUT2D eigenvalue weighted by atomic mass is 16.3. The first-order valence-corrected chi connectivity index (χ1v) is 5.55. The average Bonchev–Trinajstić information content (AvgIpc) is 2.33. The Balaban J connectivity index is 2.12. The van der Waals surface area contributed by atoms with E-state index in [0.29, 0.717) is 5.69 Å². The van der Waals surface area contributed by atoms with Crippen LogP contribution in [-0.4, -0.2) is 39.4 Å². The summed E-state index contributed by atoms with van der Waals surface area (Å²) in [7, 11) is 0. The molecule has 1 saturated heterocycles. The molecule has 5 heteroatoms. The molecule has 0 aliphatic carbocycles. The zero-order valence-corrected chi connectivity index (χ0v) is 9.37. The smallest absolute Gasteiger partial charge is 0.147 e. The van der Waals surface area contributed by atoms with Gasteiger partial charge in [-0.15, -0.1) is 0 Å². The van der Waals surface area contributed by atoms with Crippen molar-refractivity contribution in [2.24, 2.45) is 5.92 Å². The van der Waals surface area contributed by atoms with E-state index in [-0.39, 0.29) is 18.6 Å². The summed E-state index contributed by atoms with van der Waals surface area (Å²) in [6.07, 6.45) is 3.80. The number of nitrogens with zero attached hydrogens (tertiary/aromatic N) is 3. The minimum absolute atomic E-state index is 0.0904. The molecule has 0 aromatic carbocycles. The van der Waals surface area contributed by atoms with Gasteiger partial charge in [0.1, 0.15) is 5.82 Å². The van der Waals surface area contributed by atoms with E-state index in [4.69, 9.17) is 5.11 Å². The minimum atomic E-state index is -0.217. The van der Waals surface area contributed by atoms with E-state index >= 15 is 0 Å². The number of piperidine rings is 1. The van der Waals surface area contributed by atoms with Crippen LogP contribution in [-0.2, 0) is 6.61 Å². The quantitative estimate of drug-likeness (QED) is 0.748. The van der Waals surface area contributed by atoms with Crippen LogP contribution in [0.1, 0.15) is 19.0 Å². The fourth-order valence-electron chi connectivity index (χ4n) is 1.96. The maximum atomic E-state index is 9.64. The third-order valence-corrected chi connectivity index (χ3v) is 3.02. The first-order valence-electron chi connectivity index (χ1n) is 5.55. The Bertz CT molecular complexity index is 359. The van der Waals surface area contributed by atoms with Crippen LogP contribution in [0.3, 0.4) is 0 Å². The van der Waals surface area contributed by atoms with Gasteiger partial charge in [0.05, 0.1) is 30.8 Å². The number of aliphatic hydroxyl groups excluding tert-OH is 2. The van der Waals surface area contributed by atoms with Gasteiger partial charge in [0.2, 0.25) is 0 Å². The van der Waals surface area contributed by atoms with Crippen molar-refractivity contribution in [2.45, 2.75) is 26.1 Å². The van der Waals surface area contributed by atoms with Crippen molar-refractivity contribution >= 4 is 5.82 Å². The molecule has 2 heterocycles. The Morgan fingerprint density at radius 2 is 2.31 bits per heavy atom. The molecular formula is C11H17N3O2. The molecule has 0 amide bonds. The topological polar surface area (TPSA) is 69.5 Å². The molecule has 1 aliphatic rings. The zero-order chi connectivity index (χ0) is 11.5. The normalized spacial score (nSPS) is 25.8. The monoisotopic (exact) mass is 223 g/mol. The number of hydrogen-bond donors (Lipinski definition) is 2. The summed E-state index contributed by atoms with van der Waals surface area (Å²) >= 11 is 0. The van der Waals surface area contributed by atoms with Crippen molar-refractivity contribution in [2.75, 3.05) is 18.0 Å². The number of aliphatic hydroxyl groups is 2. The molecule has 1 aromatic rings. The standard InChI is InChI=1S/C11H17N3O2/c1-8-6-14(3-2-10(8)16)11-5-12-4-9(7-15)13-11/h4-5,8,10,15-16H,2-3,6-7H2,1H3. The summed E-state index contributed by atoms with van der Waals surface area (Å²) in [6, 6.07) is 0. The molecule has 2 N–H and O–H groups in total. The molecule has 2 atom stereocenters. The summed E-state index contributed by atoms with van der Waals surface area (Å²) in [5, 5.41) is 18.6. The van der Waals surface area contributed by atoms with Crippen LogP contribution in [0.15, 0.2) is 12.4 Å². The van der Waals surface area contributed by atoms with Crippen LogP contribution in [0.4, 0.5) is 5.82 Å². The van der Waals surface area contributed by atoms with Gasteiger partial charge in [-0.2, -0.15) is 0 Å². The van der Waals surface area contributed by atoms with Crippen molar-refractivity contribution < 1.29 is 10.2 Å². The fraction of sp³-hybridized carbons (Fsp3) is 0.636. The lowest BCUT2D eigenvalue weighted by Crippen LogP contribution is -2.42. The molecule has 88 valence electrons. The van der Waals surface area contributed by atoms with Gasteiger partial charge in [0, 0.05) is 13.1 Å². The molecule has 1 fully saturated rings. The number of rotatable bonds is 2. The molecule has 5 nitrogen and oxygen atoms in total. The van der Waals surface area contributed by atoms with E-state index in [1.807, 2.05) is 6.92 Å². The lowest BCUT2D eigenvalue weighted by atomic mass is 9.97. The molecule has 2 rings (SSSR count). The van der Waals surface area contributed by atoms with Gasteiger partial charge in [-0.1, -0.05) is 6.92 Å². The van der Waals surface area contributed by atoms with Gasteiger partial charge in [-0.05, 0) is 12.3 Å². The van der Waals surface area contributed by atoms with Crippen LogP contribution in [0.25, 0.3) is 0 Å². The second-order valence-electron chi connectivity index (χ2n) is 4.31. The summed E-state index contributed by atoms with van der Waals surface area (Å²) in [6.45, 7) is 3.51. The van der Waals surface area contributed by atoms with E-state index in [1.54, 1.807) is 12.4 Å². The van der Waals surface area contributed by atoms with Gasteiger partial charge in [0.15, 0.2) is 0 Å². The van der Waals surface area contributed by atoms with Crippen molar-refractivity contribution in [1.82, 2.24) is 9.97 Å². The SMILES string of the molecule is CC1CN(c2cncc(CO)n2)CCC1O. The highest BCUT2D eigenvalue weighted by Crippen LogP contribution is 2.21. The Kier molecular flexibility index (Phi) is 3.36. The minimum Gasteiger partial charge on any atom is -0.393 e. The van der Waals surface area contributed by atoms with Gasteiger partial charge >= 0.3 is 0 Å². The third-order valence-electron chi connectivity index (χ3n) is 3.02. The van der Waals surface area contributed by atoms with Crippen LogP contribution in [0, 0.1) is 5.92 Å². The van der Waals surface area contributed by atoms with Crippen LogP contribution < -0.4 is 4.90 Å². The molecule has 16 heavy (non-hydrogen) atoms. The van der Waals surface area contributed by atoms with E-state index in [0.717, 1.165) is 25.3 Å². The highest BCUT2D eigenvalue weighted by Gasteiger charge is 2.25. The average molecular weight is 223 g/mol. The van der Waals surface area contributed by atoms with Crippen molar-refractivity contribution in [3.8, 4) is 0 Å². The van der Waals surface area contributed by atoms with E-state index in [1.165, 1.54) is 0 Å². The van der Waals surface area contributed by atoms with E-state index < -0.39 is 0 Å². The van der Waals surface area contributed by atoms with Crippen molar-refractivity contribution in [3.63, 3.8) is 0 Å². The maximum absolute atomic E-state index is 9.64. The maximum Gasteiger partial charge on any atom is 0.147 e. The summed E-state index contributed by atoms with van der Waals surface area (Å²) in [5.74, 6) is 1.03. The lowest BCUT2D eigenvalue weighted by Gasteiger charge is -2.35. The Hall–Kier alpha value is -1.20. The van der Waals surface area contributed by atoms with Gasteiger partial charge in [-0.3, -0.25) is 4.98 Å². The largest absolute Gasteiger partial charge is 0.393 e. The van der Waals surface area contributed by atoms with E-state index in [9.17, 15) is 5.11 Å². The molecule has 1 aliphatic heterocycles. The van der Waals surface area contributed by atoms with Crippen molar-refractivity contribution in [1.29, 1.82) is 0 Å². The molecule has 0 bridgehead atoms. The second kappa shape index (κ2) is 4.76. The number of hydrogen-bond acceptors (Lipinski definition) is 5. The van der Waals surface area contributed by atoms with Crippen LogP contribution in [0.5, 0.6) is 0 Å². The Labute approximate surface area is 94.8 Å². The first kappa shape index (κ1) is 11.3. The molecular weight excluding hydrogens is 206 g/mol. The van der Waals surface area contributed by atoms with Gasteiger partial charge in [-0.25, -0.2) is 4.98 Å². The van der Waals surface area contributed by atoms with Crippen LogP contribution >= 0.6 is 0 Å². The van der Waals surface area contributed by atoms with Crippen molar-refractivity contribution in [3.05, 3.63) is 18.1 Å². The third kappa shape index (κ3) is 2.31. The fourth-order valence-corrected chi connectivity index (χ4v) is 1.96. The molecule has 0 radical (unpaired) electrons. The second-order valence-corrected chi connectivity index (χ2v) is 4.31. The van der Waals surface area contributed by atoms with Gasteiger partial charge < -0.3 is 15.1 Å². The predicted molar refractivity (Wildman–Crippen MR) is 60.0 cm³/mol. The first-order chi connectivity index (χ1) is 7.70. The summed E-state index contributed by atoms with van der Waals surface area (Å²) in [5.41, 5.74) is 0.580. The molecule has 1 aromatic heterocycles. The number of anilines is 1. The predicted octanol–water partition coefficient (Wildman–Crippen LogP) is 0.176. The lowest BCUT2D eigenvalue weighted by molar-refractivity contribution is 0.0968. The van der Waals surface area contributed by atoms with Crippen LogP contribution in [0.2, 0.25) is 0 Å². The summed E-state index contributed by atoms with van der Waals surface area (Å²) < 4.78 is 0. The Morgan fingerprint density at radius 1 is 1.50 bits per heavy atom. The Morgan fingerprint density at radius 3 is 3.00 bits per heavy atom. The van der Waals surface area contributed by atoms with Gasteiger partial charge in [0.25, 0.3) is 0 Å². The zero-order valence-electron chi connectivity index (χ0n) is 9.37. The number of aromatic nitrogens is 2. The van der Waals surface area contributed by atoms with E-state index in [2.05, 4.69) is 14.9 Å². The highest BCUT2D eigenvalue weighted by molar-refractivity contribution is 5.37.